The van der Waals surface area contributed by atoms with E-state index in [4.69, 9.17) is 5.73 Å². The van der Waals surface area contributed by atoms with Crippen LogP contribution in [0, 0.1) is 11.8 Å². The fraction of sp³-hybridized carbons (Fsp3) is 0.562. The number of hydrogen-bond acceptors (Lipinski definition) is 3. The molecule has 0 spiro atoms. The molecule has 1 amide bonds. The largest absolute Gasteiger partial charge is 0.326 e. The average Bonchev–Trinajstić information content (AvgIpc) is 3.12. The zero-order valence-electron chi connectivity index (χ0n) is 12.4. The van der Waals surface area contributed by atoms with Crippen molar-refractivity contribution in [3.8, 4) is 0 Å². The molecule has 2 rings (SSSR count). The number of nitrogens with two attached hydrogens (primary N) is 1. The molecule has 1 aromatic rings. The number of benzene rings is 1. The van der Waals surface area contributed by atoms with Gasteiger partial charge in [-0.3, -0.25) is 4.79 Å². The van der Waals surface area contributed by atoms with Gasteiger partial charge in [0.05, 0.1) is 0 Å². The standard InChI is InChI=1S/C16H25N3O/c1-12-9-14(12)11-19(2)8-7-16(20)18-15-5-3-13(10-17)4-6-15/h3-6,12,14H,7-11,17H2,1-2H3,(H,18,20). The maximum atomic E-state index is 11.9. The lowest BCUT2D eigenvalue weighted by Crippen LogP contribution is -2.26. The van der Waals surface area contributed by atoms with Gasteiger partial charge in [0.25, 0.3) is 0 Å². The van der Waals surface area contributed by atoms with Crippen molar-refractivity contribution >= 4 is 11.6 Å². The minimum atomic E-state index is 0.0705. The lowest BCUT2D eigenvalue weighted by atomic mass is 10.2. The minimum Gasteiger partial charge on any atom is -0.326 e. The summed E-state index contributed by atoms with van der Waals surface area (Å²) < 4.78 is 0. The Bertz CT molecular complexity index is 444. The first-order valence-corrected chi connectivity index (χ1v) is 7.36. The summed E-state index contributed by atoms with van der Waals surface area (Å²) >= 11 is 0. The molecule has 1 aliphatic rings. The molecule has 20 heavy (non-hydrogen) atoms. The molecule has 4 heteroatoms. The molecule has 110 valence electrons. The van der Waals surface area contributed by atoms with E-state index in [2.05, 4.69) is 24.2 Å². The second-order valence-electron chi connectivity index (χ2n) is 5.93. The molecule has 3 N–H and O–H groups in total. The second kappa shape index (κ2) is 6.86. The van der Waals surface area contributed by atoms with E-state index in [1.54, 1.807) is 0 Å². The maximum Gasteiger partial charge on any atom is 0.225 e. The Hall–Kier alpha value is -1.39. The third-order valence-corrected chi connectivity index (χ3v) is 4.02. The van der Waals surface area contributed by atoms with E-state index in [0.717, 1.165) is 36.2 Å². The van der Waals surface area contributed by atoms with Gasteiger partial charge < -0.3 is 16.0 Å². The van der Waals surface area contributed by atoms with E-state index in [0.29, 0.717) is 13.0 Å². The van der Waals surface area contributed by atoms with E-state index in [9.17, 15) is 4.79 Å². The van der Waals surface area contributed by atoms with Gasteiger partial charge in [-0.15, -0.1) is 0 Å². The van der Waals surface area contributed by atoms with Crippen LogP contribution in [0.3, 0.4) is 0 Å². The summed E-state index contributed by atoms with van der Waals surface area (Å²) in [6, 6.07) is 7.68. The highest BCUT2D eigenvalue weighted by molar-refractivity contribution is 5.90. The minimum absolute atomic E-state index is 0.0705. The third kappa shape index (κ3) is 4.62. The molecular formula is C16H25N3O. The molecule has 2 unspecified atom stereocenters. The van der Waals surface area contributed by atoms with Crippen LogP contribution in [0.2, 0.25) is 0 Å². The van der Waals surface area contributed by atoms with Crippen LogP contribution in [-0.2, 0) is 11.3 Å². The SMILES string of the molecule is CC1CC1CN(C)CCC(=O)Nc1ccc(CN)cc1. The lowest BCUT2D eigenvalue weighted by Gasteiger charge is -2.16. The number of hydrogen-bond donors (Lipinski definition) is 2. The third-order valence-electron chi connectivity index (χ3n) is 4.02. The summed E-state index contributed by atoms with van der Waals surface area (Å²) in [5, 5.41) is 2.92. The van der Waals surface area contributed by atoms with E-state index in [1.807, 2.05) is 24.3 Å². The monoisotopic (exact) mass is 275 g/mol. The van der Waals surface area contributed by atoms with E-state index in [1.165, 1.54) is 6.42 Å². The molecular weight excluding hydrogens is 250 g/mol. The molecule has 1 saturated carbocycles. The van der Waals surface area contributed by atoms with Crippen LogP contribution in [0.4, 0.5) is 5.69 Å². The van der Waals surface area contributed by atoms with Crippen molar-refractivity contribution in [2.24, 2.45) is 17.6 Å². The molecule has 0 aromatic heterocycles. The first kappa shape index (κ1) is 15.0. The molecule has 1 fully saturated rings. The highest BCUT2D eigenvalue weighted by Crippen LogP contribution is 2.37. The van der Waals surface area contributed by atoms with Crippen LogP contribution < -0.4 is 11.1 Å². The maximum absolute atomic E-state index is 11.9. The zero-order valence-corrected chi connectivity index (χ0v) is 12.4. The fourth-order valence-electron chi connectivity index (χ4n) is 2.39. The van der Waals surface area contributed by atoms with Gasteiger partial charge in [-0.05, 0) is 43.0 Å². The zero-order chi connectivity index (χ0) is 14.5. The Morgan fingerprint density at radius 3 is 2.60 bits per heavy atom. The van der Waals surface area contributed by atoms with Gasteiger partial charge in [-0.25, -0.2) is 0 Å². The predicted octanol–water partition coefficient (Wildman–Crippen LogP) is 2.06. The van der Waals surface area contributed by atoms with E-state index >= 15 is 0 Å². The first-order chi connectivity index (χ1) is 9.58. The molecule has 0 bridgehead atoms. The molecule has 0 radical (unpaired) electrons. The summed E-state index contributed by atoms with van der Waals surface area (Å²) in [7, 11) is 2.09. The molecule has 0 aliphatic heterocycles. The van der Waals surface area contributed by atoms with Crippen molar-refractivity contribution in [1.29, 1.82) is 0 Å². The average molecular weight is 275 g/mol. The molecule has 1 aromatic carbocycles. The Kier molecular flexibility index (Phi) is 5.15. The summed E-state index contributed by atoms with van der Waals surface area (Å²) in [6.45, 7) is 4.74. The molecule has 2 atom stereocenters. The molecule has 1 aliphatic carbocycles. The second-order valence-corrected chi connectivity index (χ2v) is 5.93. The van der Waals surface area contributed by atoms with Crippen molar-refractivity contribution in [2.75, 3.05) is 25.5 Å². The highest BCUT2D eigenvalue weighted by atomic mass is 16.1. The van der Waals surface area contributed by atoms with E-state index in [-0.39, 0.29) is 5.91 Å². The van der Waals surface area contributed by atoms with Crippen LogP contribution in [0.1, 0.15) is 25.3 Å². The molecule has 0 saturated heterocycles. The van der Waals surface area contributed by atoms with Gasteiger partial charge in [0.2, 0.25) is 5.91 Å². The smallest absolute Gasteiger partial charge is 0.225 e. The predicted molar refractivity (Wildman–Crippen MR) is 82.3 cm³/mol. The number of carbonyl (C=O) groups is 1. The fourth-order valence-corrected chi connectivity index (χ4v) is 2.39. The number of rotatable bonds is 7. The van der Waals surface area contributed by atoms with Crippen molar-refractivity contribution in [3.63, 3.8) is 0 Å². The van der Waals surface area contributed by atoms with Gasteiger partial charge in [0.1, 0.15) is 0 Å². The van der Waals surface area contributed by atoms with Crippen LogP contribution in [0.15, 0.2) is 24.3 Å². The molecule has 0 heterocycles. The normalized spacial score (nSPS) is 21.0. The van der Waals surface area contributed by atoms with Crippen LogP contribution in [0.5, 0.6) is 0 Å². The Morgan fingerprint density at radius 1 is 1.40 bits per heavy atom. The Labute approximate surface area is 121 Å². The first-order valence-electron chi connectivity index (χ1n) is 7.36. The van der Waals surface area contributed by atoms with Crippen LogP contribution >= 0.6 is 0 Å². The Morgan fingerprint density at radius 2 is 2.05 bits per heavy atom. The van der Waals surface area contributed by atoms with Crippen molar-refractivity contribution < 1.29 is 4.79 Å². The van der Waals surface area contributed by atoms with Crippen LogP contribution in [0.25, 0.3) is 0 Å². The highest BCUT2D eigenvalue weighted by Gasteiger charge is 2.32. The van der Waals surface area contributed by atoms with Gasteiger partial charge in [0.15, 0.2) is 0 Å². The van der Waals surface area contributed by atoms with Crippen molar-refractivity contribution in [3.05, 3.63) is 29.8 Å². The van der Waals surface area contributed by atoms with Crippen molar-refractivity contribution in [1.82, 2.24) is 4.90 Å². The number of amides is 1. The quantitative estimate of drug-likeness (QED) is 0.801. The van der Waals surface area contributed by atoms with Gasteiger partial charge in [0, 0.05) is 31.7 Å². The van der Waals surface area contributed by atoms with E-state index < -0.39 is 0 Å². The van der Waals surface area contributed by atoms with Crippen LogP contribution in [-0.4, -0.2) is 30.9 Å². The number of carbonyl (C=O) groups excluding carboxylic acids is 1. The number of nitrogens with one attached hydrogen (secondary N) is 1. The van der Waals surface area contributed by atoms with Gasteiger partial charge in [-0.1, -0.05) is 19.1 Å². The van der Waals surface area contributed by atoms with Gasteiger partial charge in [-0.2, -0.15) is 0 Å². The summed E-state index contributed by atoms with van der Waals surface area (Å²) in [6.07, 6.45) is 1.88. The van der Waals surface area contributed by atoms with Gasteiger partial charge >= 0.3 is 0 Å². The summed E-state index contributed by atoms with van der Waals surface area (Å²) in [5.74, 6) is 1.78. The summed E-state index contributed by atoms with van der Waals surface area (Å²) in [5.41, 5.74) is 7.45. The lowest BCUT2D eigenvalue weighted by molar-refractivity contribution is -0.116. The van der Waals surface area contributed by atoms with Crippen molar-refractivity contribution in [2.45, 2.75) is 26.3 Å². The summed E-state index contributed by atoms with van der Waals surface area (Å²) in [4.78, 5) is 14.1. The molecule has 4 nitrogen and oxygen atoms in total. The number of anilines is 1. The Balaban J connectivity index is 1.68. The topological polar surface area (TPSA) is 58.4 Å². The number of nitrogens with zero attached hydrogens (tertiary/aromatic N) is 1.